The zero-order valence-corrected chi connectivity index (χ0v) is 7.90. The Balaban J connectivity index is 2.52. The van der Waals surface area contributed by atoms with Crippen LogP contribution in [0.25, 0.3) is 0 Å². The van der Waals surface area contributed by atoms with Gasteiger partial charge in [-0.15, -0.1) is 23.7 Å². The maximum absolute atomic E-state index is 5.19. The Morgan fingerprint density at radius 1 is 1.83 bits per heavy atom. The molecule has 1 aromatic heterocycles. The fourth-order valence-corrected chi connectivity index (χ4v) is 1.67. The van der Waals surface area contributed by atoms with E-state index in [1.54, 1.807) is 11.3 Å². The molecule has 2 nitrogen and oxygen atoms in total. The summed E-state index contributed by atoms with van der Waals surface area (Å²) >= 11 is 1.61. The van der Waals surface area contributed by atoms with Crippen LogP contribution in [-0.2, 0) is 0 Å². The van der Waals surface area contributed by atoms with Crippen LogP contribution in [0.4, 0.5) is 0 Å². The van der Waals surface area contributed by atoms with E-state index in [0.717, 1.165) is 18.5 Å². The van der Waals surface area contributed by atoms with Gasteiger partial charge in [-0.05, 0) is 13.5 Å². The van der Waals surface area contributed by atoms with Crippen molar-refractivity contribution in [3.05, 3.63) is 16.6 Å². The molecule has 0 spiro atoms. The number of hydrogen-bond acceptors (Lipinski definition) is 3. The minimum absolute atomic E-state index is 0.312. The van der Waals surface area contributed by atoms with Gasteiger partial charge in [-0.2, -0.15) is 0 Å². The molecule has 1 N–H and O–H groups in total. The van der Waals surface area contributed by atoms with Crippen molar-refractivity contribution in [2.45, 2.75) is 18.9 Å². The Hall–Kier alpha value is -0.850. The molecule has 0 aliphatic rings. The van der Waals surface area contributed by atoms with Crippen molar-refractivity contribution in [1.82, 2.24) is 10.3 Å². The topological polar surface area (TPSA) is 24.9 Å². The van der Waals surface area contributed by atoms with Gasteiger partial charge in [0.1, 0.15) is 0 Å². The van der Waals surface area contributed by atoms with Crippen LogP contribution >= 0.6 is 11.3 Å². The molecule has 0 aliphatic heterocycles. The Kier molecular flexibility index (Phi) is 3.78. The van der Waals surface area contributed by atoms with E-state index in [1.165, 1.54) is 0 Å². The van der Waals surface area contributed by atoms with Crippen molar-refractivity contribution in [2.24, 2.45) is 0 Å². The minimum atomic E-state index is 0.312. The number of nitrogens with one attached hydrogen (secondary N) is 1. The van der Waals surface area contributed by atoms with Crippen molar-refractivity contribution in [3.63, 3.8) is 0 Å². The van der Waals surface area contributed by atoms with E-state index >= 15 is 0 Å². The second-order valence-corrected chi connectivity index (χ2v) is 3.22. The fourth-order valence-electron chi connectivity index (χ4n) is 1.06. The molecule has 0 aliphatic carbocycles. The highest BCUT2D eigenvalue weighted by atomic mass is 32.1. The predicted octanol–water partition coefficient (Wildman–Crippen LogP) is 1.82. The van der Waals surface area contributed by atoms with Crippen LogP contribution in [0, 0.1) is 12.3 Å². The summed E-state index contributed by atoms with van der Waals surface area (Å²) < 4.78 is 0. The molecule has 1 unspecified atom stereocenters. The third-order valence-electron chi connectivity index (χ3n) is 1.73. The maximum Gasteiger partial charge on any atom is 0.0795 e. The van der Waals surface area contributed by atoms with Crippen molar-refractivity contribution in [3.8, 4) is 12.3 Å². The maximum atomic E-state index is 5.19. The summed E-state index contributed by atoms with van der Waals surface area (Å²) in [4.78, 5) is 4.23. The fraction of sp³-hybridized carbons (Fsp3) is 0.444. The molecule has 1 heterocycles. The Bertz CT molecular complexity index is 248. The summed E-state index contributed by atoms with van der Waals surface area (Å²) in [7, 11) is 1.93. The highest BCUT2D eigenvalue weighted by Gasteiger charge is 2.09. The van der Waals surface area contributed by atoms with Gasteiger partial charge in [-0.1, -0.05) is 0 Å². The van der Waals surface area contributed by atoms with Crippen LogP contribution in [0.5, 0.6) is 0 Å². The lowest BCUT2D eigenvalue weighted by Crippen LogP contribution is -2.16. The summed E-state index contributed by atoms with van der Waals surface area (Å²) in [5.74, 6) is 2.63. The molecule has 0 amide bonds. The van der Waals surface area contributed by atoms with E-state index in [4.69, 9.17) is 6.42 Å². The van der Waals surface area contributed by atoms with Crippen molar-refractivity contribution in [2.75, 3.05) is 7.05 Å². The second kappa shape index (κ2) is 4.91. The molecule has 1 atom stereocenters. The standard InChI is InChI=1S/C9H12N2S/c1-3-4-5-8(10-2)9-6-12-7-11-9/h1,6-8,10H,4-5H2,2H3. The first-order valence-electron chi connectivity index (χ1n) is 3.87. The van der Waals surface area contributed by atoms with Crippen LogP contribution < -0.4 is 5.32 Å². The van der Waals surface area contributed by atoms with E-state index in [-0.39, 0.29) is 0 Å². The third kappa shape index (κ3) is 2.33. The van der Waals surface area contributed by atoms with Crippen LogP contribution in [0.3, 0.4) is 0 Å². The molecule has 0 aromatic carbocycles. The van der Waals surface area contributed by atoms with E-state index in [2.05, 4.69) is 21.6 Å². The summed E-state index contributed by atoms with van der Waals surface area (Å²) in [6.45, 7) is 0. The number of hydrogen-bond donors (Lipinski definition) is 1. The molecule has 64 valence electrons. The zero-order valence-electron chi connectivity index (χ0n) is 7.08. The molecule has 1 aromatic rings. The van der Waals surface area contributed by atoms with E-state index in [9.17, 15) is 0 Å². The van der Waals surface area contributed by atoms with Gasteiger partial charge in [-0.25, -0.2) is 4.98 Å². The molecule has 0 radical (unpaired) electrons. The van der Waals surface area contributed by atoms with Crippen LogP contribution in [0.15, 0.2) is 10.9 Å². The van der Waals surface area contributed by atoms with E-state index in [1.807, 2.05) is 12.6 Å². The van der Waals surface area contributed by atoms with Gasteiger partial charge >= 0.3 is 0 Å². The zero-order chi connectivity index (χ0) is 8.81. The first-order chi connectivity index (χ1) is 5.88. The Morgan fingerprint density at radius 2 is 2.67 bits per heavy atom. The highest BCUT2D eigenvalue weighted by Crippen LogP contribution is 2.16. The van der Waals surface area contributed by atoms with Crippen LogP contribution in [0.2, 0.25) is 0 Å². The Morgan fingerprint density at radius 3 is 3.17 bits per heavy atom. The quantitative estimate of drug-likeness (QED) is 0.715. The molecule has 0 saturated carbocycles. The number of aromatic nitrogens is 1. The normalized spacial score (nSPS) is 12.3. The molecular formula is C9H12N2S. The van der Waals surface area contributed by atoms with Gasteiger partial charge in [-0.3, -0.25) is 0 Å². The van der Waals surface area contributed by atoms with Crippen LogP contribution in [0.1, 0.15) is 24.6 Å². The first-order valence-corrected chi connectivity index (χ1v) is 4.81. The monoisotopic (exact) mass is 180 g/mol. The summed E-state index contributed by atoms with van der Waals surface area (Å²) in [6, 6.07) is 0.312. The summed E-state index contributed by atoms with van der Waals surface area (Å²) in [5.41, 5.74) is 2.94. The van der Waals surface area contributed by atoms with Gasteiger partial charge in [0.05, 0.1) is 17.2 Å². The van der Waals surface area contributed by atoms with Crippen molar-refractivity contribution < 1.29 is 0 Å². The number of terminal acetylenes is 1. The van der Waals surface area contributed by atoms with Gasteiger partial charge < -0.3 is 5.32 Å². The lowest BCUT2D eigenvalue weighted by molar-refractivity contribution is 0.547. The lowest BCUT2D eigenvalue weighted by atomic mass is 10.1. The van der Waals surface area contributed by atoms with E-state index < -0.39 is 0 Å². The van der Waals surface area contributed by atoms with Gasteiger partial charge in [0.15, 0.2) is 0 Å². The number of thiazole rings is 1. The average molecular weight is 180 g/mol. The first kappa shape index (κ1) is 9.24. The van der Waals surface area contributed by atoms with Gasteiger partial charge in [0, 0.05) is 11.8 Å². The average Bonchev–Trinajstić information content (AvgIpc) is 2.59. The van der Waals surface area contributed by atoms with Gasteiger partial charge in [0.2, 0.25) is 0 Å². The molecule has 0 fully saturated rings. The largest absolute Gasteiger partial charge is 0.312 e. The van der Waals surface area contributed by atoms with Crippen LogP contribution in [-0.4, -0.2) is 12.0 Å². The SMILES string of the molecule is C#CCCC(NC)c1cscn1. The minimum Gasteiger partial charge on any atom is -0.312 e. The summed E-state index contributed by atoms with van der Waals surface area (Å²) in [5, 5.41) is 5.24. The molecule has 0 saturated heterocycles. The number of nitrogens with zero attached hydrogens (tertiary/aromatic N) is 1. The van der Waals surface area contributed by atoms with Crippen molar-refractivity contribution in [1.29, 1.82) is 0 Å². The third-order valence-corrected chi connectivity index (χ3v) is 2.34. The molecular weight excluding hydrogens is 168 g/mol. The second-order valence-electron chi connectivity index (χ2n) is 2.50. The molecule has 12 heavy (non-hydrogen) atoms. The van der Waals surface area contributed by atoms with E-state index in [0.29, 0.717) is 6.04 Å². The lowest BCUT2D eigenvalue weighted by Gasteiger charge is -2.11. The van der Waals surface area contributed by atoms with Gasteiger partial charge in [0.25, 0.3) is 0 Å². The molecule has 1 rings (SSSR count). The molecule has 0 bridgehead atoms. The Labute approximate surface area is 77.0 Å². The predicted molar refractivity (Wildman–Crippen MR) is 52.0 cm³/mol. The summed E-state index contributed by atoms with van der Waals surface area (Å²) in [6.07, 6.45) is 6.94. The highest BCUT2D eigenvalue weighted by molar-refractivity contribution is 7.07. The molecule has 3 heteroatoms. The smallest absolute Gasteiger partial charge is 0.0795 e. The van der Waals surface area contributed by atoms with Crippen molar-refractivity contribution >= 4 is 11.3 Å². The number of rotatable bonds is 4.